The molecule has 1 unspecified atom stereocenters. The fourth-order valence-corrected chi connectivity index (χ4v) is 4.11. The lowest BCUT2D eigenvalue weighted by Gasteiger charge is -2.28. The summed E-state index contributed by atoms with van der Waals surface area (Å²) in [7, 11) is 1.31. The Balaban J connectivity index is 1.83. The molecule has 1 heterocycles. The van der Waals surface area contributed by atoms with Crippen molar-refractivity contribution in [2.75, 3.05) is 12.4 Å². The Hall–Kier alpha value is -3.35. The third kappa shape index (κ3) is 6.62. The average Bonchev–Trinajstić information content (AvgIpc) is 2.80. The summed E-state index contributed by atoms with van der Waals surface area (Å²) in [5.74, 6) is -2.16. The molecular formula is C22H20F5N3O4S. The highest BCUT2D eigenvalue weighted by Crippen LogP contribution is 2.34. The van der Waals surface area contributed by atoms with E-state index in [0.29, 0.717) is 23.3 Å². The van der Waals surface area contributed by atoms with Crippen molar-refractivity contribution in [3.05, 3.63) is 53.6 Å². The number of hydrogen-bond acceptors (Lipinski definition) is 6. The Morgan fingerprint density at radius 3 is 2.43 bits per heavy atom. The predicted octanol–water partition coefficient (Wildman–Crippen LogP) is 5.65. The van der Waals surface area contributed by atoms with Gasteiger partial charge in [0.05, 0.1) is 24.6 Å². The molecule has 1 aliphatic rings. The average molecular weight is 517 g/mol. The Morgan fingerprint density at radius 2 is 1.86 bits per heavy atom. The molecular weight excluding hydrogens is 497 g/mol. The maximum absolute atomic E-state index is 12.6. The second-order valence-electron chi connectivity index (χ2n) is 7.22. The fraction of sp³-hybridized carbons (Fsp3) is 0.318. The van der Waals surface area contributed by atoms with Crippen LogP contribution in [0.2, 0.25) is 0 Å². The van der Waals surface area contributed by atoms with Gasteiger partial charge in [-0.2, -0.15) is 27.1 Å². The van der Waals surface area contributed by atoms with Crippen molar-refractivity contribution >= 4 is 34.3 Å². The number of hydrazone groups is 1. The second-order valence-corrected chi connectivity index (χ2v) is 8.37. The number of ether oxygens (including phenoxy) is 2. The standard InChI is InChI=1S/C22H20F5N3O4S/c1-3-17-18(13-6-9-15(34-20(23)24)16(10-13)33-2)29-30(21(32)35-17)11-12-4-7-14(8-5-12)28-19(31)22(25,26)27/h4-10,17,20H,3,11H2,1-2H3,(H,28,31). The summed E-state index contributed by atoms with van der Waals surface area (Å²) in [6, 6.07) is 9.85. The van der Waals surface area contributed by atoms with Gasteiger partial charge in [-0.05, 0) is 42.3 Å². The number of amides is 2. The molecule has 1 atom stereocenters. The van der Waals surface area contributed by atoms with Gasteiger partial charge in [-0.1, -0.05) is 30.8 Å². The molecule has 2 aromatic carbocycles. The summed E-state index contributed by atoms with van der Waals surface area (Å²) in [4.78, 5) is 23.7. The highest BCUT2D eigenvalue weighted by Gasteiger charge is 2.38. The van der Waals surface area contributed by atoms with Crippen LogP contribution in [0.25, 0.3) is 0 Å². The van der Waals surface area contributed by atoms with E-state index in [4.69, 9.17) is 4.74 Å². The van der Waals surface area contributed by atoms with Gasteiger partial charge in [-0.25, -0.2) is 5.01 Å². The summed E-state index contributed by atoms with van der Waals surface area (Å²) < 4.78 is 72.1. The lowest BCUT2D eigenvalue weighted by Crippen LogP contribution is -2.34. The van der Waals surface area contributed by atoms with Gasteiger partial charge in [-0.3, -0.25) is 9.59 Å². The van der Waals surface area contributed by atoms with Crippen LogP contribution in [0.15, 0.2) is 47.6 Å². The van der Waals surface area contributed by atoms with E-state index in [-0.39, 0.29) is 34.2 Å². The number of carbonyl (C=O) groups excluding carboxylic acids is 2. The number of nitrogens with one attached hydrogen (secondary N) is 1. The number of halogens is 5. The number of thioether (sulfide) groups is 1. The molecule has 188 valence electrons. The van der Waals surface area contributed by atoms with Crippen molar-refractivity contribution in [3.8, 4) is 11.5 Å². The number of anilines is 1. The normalized spacial score (nSPS) is 16.2. The van der Waals surface area contributed by atoms with E-state index >= 15 is 0 Å². The SMILES string of the molecule is CCC1SC(=O)N(Cc2ccc(NC(=O)C(F)(F)F)cc2)N=C1c1ccc(OC(F)F)c(OC)c1. The first kappa shape index (κ1) is 26.3. The molecule has 0 spiro atoms. The minimum atomic E-state index is -5.01. The van der Waals surface area contributed by atoms with Crippen molar-refractivity contribution in [1.82, 2.24) is 5.01 Å². The van der Waals surface area contributed by atoms with Gasteiger partial charge < -0.3 is 14.8 Å². The van der Waals surface area contributed by atoms with Crippen LogP contribution in [0.3, 0.4) is 0 Å². The van der Waals surface area contributed by atoms with Crippen LogP contribution < -0.4 is 14.8 Å². The monoisotopic (exact) mass is 517 g/mol. The number of methoxy groups -OCH3 is 1. The number of benzene rings is 2. The van der Waals surface area contributed by atoms with Gasteiger partial charge in [-0.15, -0.1) is 0 Å². The molecule has 0 bridgehead atoms. The Kier molecular flexibility index (Phi) is 8.20. The summed E-state index contributed by atoms with van der Waals surface area (Å²) in [6.07, 6.45) is -4.45. The van der Waals surface area contributed by atoms with Gasteiger partial charge >= 0.3 is 23.9 Å². The highest BCUT2D eigenvalue weighted by molar-refractivity contribution is 8.14. The lowest BCUT2D eigenvalue weighted by atomic mass is 10.0. The van der Waals surface area contributed by atoms with Crippen LogP contribution in [0.4, 0.5) is 32.4 Å². The zero-order chi connectivity index (χ0) is 25.8. The number of alkyl halides is 5. The van der Waals surface area contributed by atoms with Crippen LogP contribution >= 0.6 is 11.8 Å². The quantitative estimate of drug-likeness (QED) is 0.458. The molecule has 0 radical (unpaired) electrons. The molecule has 13 heteroatoms. The Morgan fingerprint density at radius 1 is 1.17 bits per heavy atom. The van der Waals surface area contributed by atoms with Crippen molar-refractivity contribution in [3.63, 3.8) is 0 Å². The van der Waals surface area contributed by atoms with Crippen molar-refractivity contribution in [2.45, 2.75) is 37.9 Å². The molecule has 0 aromatic heterocycles. The number of carbonyl (C=O) groups is 2. The van der Waals surface area contributed by atoms with Crippen LogP contribution in [-0.4, -0.2) is 47.0 Å². The molecule has 1 aliphatic heterocycles. The molecule has 3 rings (SSSR count). The minimum absolute atomic E-state index is 0.0168. The van der Waals surface area contributed by atoms with E-state index < -0.39 is 18.7 Å². The molecule has 1 N–H and O–H groups in total. The van der Waals surface area contributed by atoms with Crippen LogP contribution in [-0.2, 0) is 11.3 Å². The van der Waals surface area contributed by atoms with Crippen LogP contribution in [0.5, 0.6) is 11.5 Å². The van der Waals surface area contributed by atoms with E-state index in [9.17, 15) is 31.5 Å². The van der Waals surface area contributed by atoms with E-state index in [0.717, 1.165) is 11.8 Å². The van der Waals surface area contributed by atoms with Gasteiger partial charge in [0.15, 0.2) is 11.5 Å². The molecule has 2 amide bonds. The zero-order valence-corrected chi connectivity index (χ0v) is 19.3. The molecule has 0 saturated heterocycles. The molecule has 35 heavy (non-hydrogen) atoms. The number of rotatable bonds is 8. The Labute approximate surface area is 201 Å². The smallest absolute Gasteiger partial charge is 0.471 e. The maximum Gasteiger partial charge on any atom is 0.471 e. The van der Waals surface area contributed by atoms with Crippen molar-refractivity contribution in [2.24, 2.45) is 5.10 Å². The van der Waals surface area contributed by atoms with Crippen LogP contribution in [0, 0.1) is 0 Å². The first-order valence-electron chi connectivity index (χ1n) is 10.2. The summed E-state index contributed by atoms with van der Waals surface area (Å²) in [5, 5.41) is 6.78. The van der Waals surface area contributed by atoms with Gasteiger partial charge in [0.1, 0.15) is 0 Å². The number of hydrogen-bond donors (Lipinski definition) is 1. The largest absolute Gasteiger partial charge is 0.493 e. The first-order valence-corrected chi connectivity index (χ1v) is 11.1. The fourth-order valence-electron chi connectivity index (χ4n) is 3.18. The van der Waals surface area contributed by atoms with E-state index in [1.807, 2.05) is 6.92 Å². The maximum atomic E-state index is 12.6. The van der Waals surface area contributed by atoms with E-state index in [1.54, 1.807) is 5.32 Å². The van der Waals surface area contributed by atoms with Gasteiger partial charge in [0.2, 0.25) is 0 Å². The minimum Gasteiger partial charge on any atom is -0.493 e. The molecule has 0 aliphatic carbocycles. The van der Waals surface area contributed by atoms with Crippen LogP contribution in [0.1, 0.15) is 24.5 Å². The lowest BCUT2D eigenvalue weighted by molar-refractivity contribution is -0.167. The van der Waals surface area contributed by atoms with Crippen molar-refractivity contribution < 1.29 is 41.0 Å². The number of nitrogens with zero attached hydrogens (tertiary/aromatic N) is 2. The van der Waals surface area contributed by atoms with Gasteiger partial charge in [0.25, 0.3) is 0 Å². The zero-order valence-electron chi connectivity index (χ0n) is 18.4. The summed E-state index contributed by atoms with van der Waals surface area (Å²) >= 11 is 1.04. The second kappa shape index (κ2) is 10.9. The van der Waals surface area contributed by atoms with Gasteiger partial charge in [0, 0.05) is 11.3 Å². The first-order chi connectivity index (χ1) is 16.5. The topological polar surface area (TPSA) is 80.2 Å². The van der Waals surface area contributed by atoms with Crippen molar-refractivity contribution in [1.29, 1.82) is 0 Å². The summed E-state index contributed by atoms with van der Waals surface area (Å²) in [6.45, 7) is -1.14. The van der Waals surface area contributed by atoms with E-state index in [2.05, 4.69) is 9.84 Å². The highest BCUT2D eigenvalue weighted by atomic mass is 32.2. The summed E-state index contributed by atoms with van der Waals surface area (Å²) in [5.41, 5.74) is 1.57. The molecule has 0 fully saturated rings. The third-order valence-corrected chi connectivity index (χ3v) is 6.09. The molecule has 2 aromatic rings. The Bertz CT molecular complexity index is 1110. The van der Waals surface area contributed by atoms with E-state index in [1.165, 1.54) is 54.6 Å². The predicted molar refractivity (Wildman–Crippen MR) is 120 cm³/mol. The molecule has 7 nitrogen and oxygen atoms in total. The third-order valence-electron chi connectivity index (χ3n) is 4.84. The molecule has 0 saturated carbocycles.